The summed E-state index contributed by atoms with van der Waals surface area (Å²) in [5.41, 5.74) is 0.310. The van der Waals surface area contributed by atoms with Crippen LogP contribution in [0.15, 0.2) is 18.3 Å². The Bertz CT molecular complexity index is 385. The quantitative estimate of drug-likeness (QED) is 0.812. The van der Waals surface area contributed by atoms with Crippen molar-refractivity contribution in [2.45, 2.75) is 18.9 Å². The Labute approximate surface area is 98.5 Å². The molecule has 1 aromatic heterocycles. The molecule has 2 heterocycles. The van der Waals surface area contributed by atoms with Crippen LogP contribution in [0, 0.1) is 6.92 Å². The molecule has 0 aliphatic carbocycles. The summed E-state index contributed by atoms with van der Waals surface area (Å²) < 4.78 is 0. The van der Waals surface area contributed by atoms with E-state index < -0.39 is 5.60 Å². The van der Waals surface area contributed by atoms with Crippen molar-refractivity contribution in [3.8, 4) is 0 Å². The highest BCUT2D eigenvalue weighted by molar-refractivity contribution is 7.99. The molecule has 16 heavy (non-hydrogen) atoms. The van der Waals surface area contributed by atoms with Crippen molar-refractivity contribution >= 4 is 23.4 Å². The van der Waals surface area contributed by atoms with E-state index in [0.29, 0.717) is 17.9 Å². The predicted octanol–water partition coefficient (Wildman–Crippen LogP) is 1.20. The molecule has 2 rings (SSSR count). The fourth-order valence-corrected chi connectivity index (χ4v) is 2.76. The molecular weight excluding hydrogens is 224 g/mol. The second kappa shape index (κ2) is 4.43. The van der Waals surface area contributed by atoms with Crippen LogP contribution in [-0.4, -0.2) is 33.1 Å². The smallest absolute Gasteiger partial charge is 0.257 e. The van der Waals surface area contributed by atoms with Crippen LogP contribution in [0.2, 0.25) is 0 Å². The number of amides is 1. The third-order valence-electron chi connectivity index (χ3n) is 2.59. The van der Waals surface area contributed by atoms with E-state index in [4.69, 9.17) is 0 Å². The van der Waals surface area contributed by atoms with E-state index in [2.05, 4.69) is 10.3 Å². The number of aryl methyl sites for hydroxylation is 1. The number of pyridine rings is 1. The number of carbonyl (C=O) groups is 1. The Morgan fingerprint density at radius 1 is 1.62 bits per heavy atom. The fraction of sp³-hybridized carbons (Fsp3) is 0.455. The second-order valence-corrected chi connectivity index (χ2v) is 5.08. The van der Waals surface area contributed by atoms with Gasteiger partial charge < -0.3 is 10.4 Å². The van der Waals surface area contributed by atoms with Gasteiger partial charge in [0.2, 0.25) is 0 Å². The minimum absolute atomic E-state index is 0.330. The topological polar surface area (TPSA) is 62.2 Å². The standard InChI is InChI=1S/C11H14N2O2S/c1-8-2-3-9(6-12-8)13-10(14)11(15)4-5-16-7-11/h2-3,6,15H,4-5,7H2,1H3,(H,13,14). The normalized spacial score (nSPS) is 24.4. The van der Waals surface area contributed by atoms with Crippen LogP contribution in [0.5, 0.6) is 0 Å². The zero-order valence-corrected chi connectivity index (χ0v) is 9.88. The third-order valence-corrected chi connectivity index (χ3v) is 3.77. The minimum Gasteiger partial charge on any atom is -0.379 e. The molecule has 86 valence electrons. The Kier molecular flexibility index (Phi) is 3.16. The van der Waals surface area contributed by atoms with Gasteiger partial charge in [-0.15, -0.1) is 0 Å². The largest absolute Gasteiger partial charge is 0.379 e. The van der Waals surface area contributed by atoms with Crippen molar-refractivity contribution in [2.24, 2.45) is 0 Å². The van der Waals surface area contributed by atoms with Gasteiger partial charge in [0.1, 0.15) is 0 Å². The highest BCUT2D eigenvalue weighted by atomic mass is 32.2. The number of nitrogens with zero attached hydrogens (tertiary/aromatic N) is 1. The molecule has 0 spiro atoms. The first-order chi connectivity index (χ1) is 7.60. The summed E-state index contributed by atoms with van der Waals surface area (Å²) in [5.74, 6) is 0.969. The lowest BCUT2D eigenvalue weighted by atomic mass is 10.0. The SMILES string of the molecule is Cc1ccc(NC(=O)C2(O)CCSC2)cn1. The fourth-order valence-electron chi connectivity index (χ4n) is 1.52. The predicted molar refractivity (Wildman–Crippen MR) is 64.5 cm³/mol. The van der Waals surface area contributed by atoms with E-state index >= 15 is 0 Å². The second-order valence-electron chi connectivity index (χ2n) is 3.98. The molecule has 1 fully saturated rings. The van der Waals surface area contributed by atoms with Crippen LogP contribution in [0.3, 0.4) is 0 Å². The van der Waals surface area contributed by atoms with Crippen molar-refractivity contribution in [2.75, 3.05) is 16.8 Å². The van der Waals surface area contributed by atoms with Gasteiger partial charge >= 0.3 is 0 Å². The van der Waals surface area contributed by atoms with Gasteiger partial charge in [-0.3, -0.25) is 9.78 Å². The van der Waals surface area contributed by atoms with Crippen molar-refractivity contribution < 1.29 is 9.90 Å². The van der Waals surface area contributed by atoms with Crippen molar-refractivity contribution in [3.63, 3.8) is 0 Å². The lowest BCUT2D eigenvalue weighted by Crippen LogP contribution is -2.42. The van der Waals surface area contributed by atoms with E-state index in [-0.39, 0.29) is 5.91 Å². The number of hydrogen-bond acceptors (Lipinski definition) is 4. The number of aliphatic hydroxyl groups is 1. The van der Waals surface area contributed by atoms with Crippen molar-refractivity contribution in [1.82, 2.24) is 4.98 Å². The average Bonchev–Trinajstić information content (AvgIpc) is 2.70. The molecular formula is C11H14N2O2S. The van der Waals surface area contributed by atoms with Gasteiger partial charge in [-0.1, -0.05) is 0 Å². The number of rotatable bonds is 2. The first-order valence-corrected chi connectivity index (χ1v) is 6.30. The summed E-state index contributed by atoms with van der Waals surface area (Å²) in [6.45, 7) is 1.88. The molecule has 0 aromatic carbocycles. The van der Waals surface area contributed by atoms with Crippen LogP contribution in [0.25, 0.3) is 0 Å². The van der Waals surface area contributed by atoms with Crippen LogP contribution in [0.1, 0.15) is 12.1 Å². The maximum Gasteiger partial charge on any atom is 0.257 e. The van der Waals surface area contributed by atoms with Gasteiger partial charge in [0.25, 0.3) is 5.91 Å². The van der Waals surface area contributed by atoms with E-state index in [0.717, 1.165) is 11.4 Å². The monoisotopic (exact) mass is 238 g/mol. The molecule has 5 heteroatoms. The maximum absolute atomic E-state index is 11.8. The average molecular weight is 238 g/mol. The number of nitrogens with one attached hydrogen (secondary N) is 1. The van der Waals surface area contributed by atoms with Crippen LogP contribution in [-0.2, 0) is 4.79 Å². The van der Waals surface area contributed by atoms with E-state index in [1.807, 2.05) is 13.0 Å². The lowest BCUT2D eigenvalue weighted by molar-refractivity contribution is -0.131. The molecule has 2 N–H and O–H groups in total. The summed E-state index contributed by atoms with van der Waals surface area (Å²) in [7, 11) is 0. The molecule has 1 aliphatic heterocycles. The minimum atomic E-state index is -1.21. The Hall–Kier alpha value is -1.07. The zero-order valence-electron chi connectivity index (χ0n) is 9.06. The van der Waals surface area contributed by atoms with E-state index in [1.165, 1.54) is 0 Å². The molecule has 1 aliphatic rings. The van der Waals surface area contributed by atoms with Gasteiger partial charge in [-0.25, -0.2) is 0 Å². The van der Waals surface area contributed by atoms with Gasteiger partial charge in [0.15, 0.2) is 5.60 Å². The lowest BCUT2D eigenvalue weighted by Gasteiger charge is -2.19. The Morgan fingerprint density at radius 3 is 3.00 bits per heavy atom. The summed E-state index contributed by atoms with van der Waals surface area (Å²) in [6.07, 6.45) is 2.11. The molecule has 1 aromatic rings. The van der Waals surface area contributed by atoms with Crippen LogP contribution < -0.4 is 5.32 Å². The number of hydrogen-bond donors (Lipinski definition) is 2. The summed E-state index contributed by atoms with van der Waals surface area (Å²) in [5, 5.41) is 12.7. The van der Waals surface area contributed by atoms with Gasteiger partial charge in [-0.05, 0) is 31.2 Å². The molecule has 1 atom stereocenters. The first kappa shape index (κ1) is 11.4. The van der Waals surface area contributed by atoms with Crippen molar-refractivity contribution in [1.29, 1.82) is 0 Å². The summed E-state index contributed by atoms with van der Waals surface area (Å²) >= 11 is 1.60. The van der Waals surface area contributed by atoms with Crippen molar-refractivity contribution in [3.05, 3.63) is 24.0 Å². The van der Waals surface area contributed by atoms with Crippen LogP contribution in [0.4, 0.5) is 5.69 Å². The summed E-state index contributed by atoms with van der Waals surface area (Å²) in [4.78, 5) is 15.9. The number of aromatic nitrogens is 1. The number of thioether (sulfide) groups is 1. The molecule has 1 unspecified atom stereocenters. The Balaban J connectivity index is 2.04. The first-order valence-electron chi connectivity index (χ1n) is 5.14. The number of carbonyl (C=O) groups excluding carboxylic acids is 1. The van der Waals surface area contributed by atoms with Gasteiger partial charge in [0.05, 0.1) is 11.9 Å². The zero-order chi connectivity index (χ0) is 11.6. The Morgan fingerprint density at radius 2 is 2.44 bits per heavy atom. The molecule has 1 amide bonds. The molecule has 0 saturated carbocycles. The molecule has 0 radical (unpaired) electrons. The number of anilines is 1. The van der Waals surface area contributed by atoms with Gasteiger partial charge in [0, 0.05) is 11.4 Å². The third kappa shape index (κ3) is 2.36. The molecule has 4 nitrogen and oxygen atoms in total. The molecule has 1 saturated heterocycles. The summed E-state index contributed by atoms with van der Waals surface area (Å²) in [6, 6.07) is 3.61. The highest BCUT2D eigenvalue weighted by Gasteiger charge is 2.39. The van der Waals surface area contributed by atoms with Gasteiger partial charge in [-0.2, -0.15) is 11.8 Å². The highest BCUT2D eigenvalue weighted by Crippen LogP contribution is 2.28. The molecule has 0 bridgehead atoms. The van der Waals surface area contributed by atoms with Crippen LogP contribution >= 0.6 is 11.8 Å². The van der Waals surface area contributed by atoms with E-state index in [9.17, 15) is 9.90 Å². The maximum atomic E-state index is 11.8. The van der Waals surface area contributed by atoms with E-state index in [1.54, 1.807) is 24.0 Å².